The van der Waals surface area contributed by atoms with Crippen molar-refractivity contribution in [2.75, 3.05) is 26.7 Å². The zero-order valence-corrected chi connectivity index (χ0v) is 12.3. The Morgan fingerprint density at radius 1 is 1.53 bits per heavy atom. The van der Waals surface area contributed by atoms with Gasteiger partial charge in [-0.1, -0.05) is 17.7 Å². The molecule has 6 heteroatoms. The summed E-state index contributed by atoms with van der Waals surface area (Å²) in [5, 5.41) is 0.698. The van der Waals surface area contributed by atoms with E-state index in [1.807, 2.05) is 18.2 Å². The number of nitrogens with zero attached hydrogens (tertiary/aromatic N) is 2. The molecule has 2 heterocycles. The van der Waals surface area contributed by atoms with E-state index in [4.69, 9.17) is 28.6 Å². The Hall–Kier alpha value is -0.880. The maximum absolute atomic E-state index is 6.18. The van der Waals surface area contributed by atoms with E-state index in [-0.39, 0.29) is 6.10 Å². The van der Waals surface area contributed by atoms with E-state index in [0.29, 0.717) is 9.79 Å². The van der Waals surface area contributed by atoms with Crippen molar-refractivity contribution < 1.29 is 4.74 Å². The molecule has 102 valence electrons. The molecule has 1 saturated heterocycles. The summed E-state index contributed by atoms with van der Waals surface area (Å²) in [5.74, 6) is 0. The fourth-order valence-corrected chi connectivity index (χ4v) is 3.00. The van der Waals surface area contributed by atoms with E-state index in [0.717, 1.165) is 37.3 Å². The minimum atomic E-state index is 0.170. The number of imidazole rings is 1. The number of benzene rings is 1. The van der Waals surface area contributed by atoms with Crippen LogP contribution in [0.1, 0.15) is 0 Å². The number of halogens is 1. The Bertz CT molecular complexity index is 651. The highest BCUT2D eigenvalue weighted by molar-refractivity contribution is 7.71. The molecule has 0 bridgehead atoms. The van der Waals surface area contributed by atoms with Crippen molar-refractivity contribution in [1.82, 2.24) is 14.5 Å². The summed E-state index contributed by atoms with van der Waals surface area (Å²) in [7, 11) is 2.11. The van der Waals surface area contributed by atoms with Crippen LogP contribution in [0.3, 0.4) is 0 Å². The van der Waals surface area contributed by atoms with E-state index in [2.05, 4.69) is 21.5 Å². The van der Waals surface area contributed by atoms with Gasteiger partial charge in [0.2, 0.25) is 0 Å². The molecule has 1 fully saturated rings. The number of ether oxygens (including phenoxy) is 1. The van der Waals surface area contributed by atoms with Crippen LogP contribution in [0.5, 0.6) is 0 Å². The summed E-state index contributed by atoms with van der Waals surface area (Å²) in [5.41, 5.74) is 1.94. The van der Waals surface area contributed by atoms with Gasteiger partial charge < -0.3 is 19.2 Å². The van der Waals surface area contributed by atoms with Gasteiger partial charge in [-0.3, -0.25) is 0 Å². The number of para-hydroxylation sites is 1. The lowest BCUT2D eigenvalue weighted by atomic mass is 10.2. The van der Waals surface area contributed by atoms with E-state index in [1.54, 1.807) is 0 Å². The van der Waals surface area contributed by atoms with E-state index in [9.17, 15) is 0 Å². The molecule has 1 unspecified atom stereocenters. The molecular formula is C13H16ClN3OS. The Kier molecular flexibility index (Phi) is 3.62. The van der Waals surface area contributed by atoms with E-state index >= 15 is 0 Å². The van der Waals surface area contributed by atoms with Crippen molar-refractivity contribution in [2.24, 2.45) is 0 Å². The SMILES string of the molecule is CN1CCOC(Cn2c(=S)[nH]c3c(Cl)cccc32)C1. The number of hydrogen-bond acceptors (Lipinski definition) is 3. The minimum Gasteiger partial charge on any atom is -0.374 e. The monoisotopic (exact) mass is 297 g/mol. The average molecular weight is 298 g/mol. The smallest absolute Gasteiger partial charge is 0.178 e. The fraction of sp³-hybridized carbons (Fsp3) is 0.462. The third-order valence-corrected chi connectivity index (χ3v) is 4.12. The zero-order valence-electron chi connectivity index (χ0n) is 10.7. The Labute approximate surface area is 121 Å². The number of H-pyrrole nitrogens is 1. The van der Waals surface area contributed by atoms with Gasteiger partial charge in [0.25, 0.3) is 0 Å². The predicted octanol–water partition coefficient (Wildman–Crippen LogP) is 2.68. The van der Waals surface area contributed by atoms with Gasteiger partial charge in [-0.05, 0) is 31.4 Å². The molecule has 0 aliphatic carbocycles. The van der Waals surface area contributed by atoms with Crippen LogP contribution in [0.2, 0.25) is 5.02 Å². The second kappa shape index (κ2) is 5.25. The van der Waals surface area contributed by atoms with Gasteiger partial charge in [-0.2, -0.15) is 0 Å². The van der Waals surface area contributed by atoms with Gasteiger partial charge in [-0.15, -0.1) is 0 Å². The van der Waals surface area contributed by atoms with Gasteiger partial charge in [0.05, 0.1) is 35.3 Å². The number of hydrogen-bond donors (Lipinski definition) is 1. The first kappa shape index (κ1) is 13.1. The third kappa shape index (κ3) is 2.56. The summed E-state index contributed by atoms with van der Waals surface area (Å²) >= 11 is 11.6. The normalized spacial score (nSPS) is 21.1. The maximum atomic E-state index is 6.18. The number of likely N-dealkylation sites (N-methyl/N-ethyl adjacent to an activating group) is 1. The van der Waals surface area contributed by atoms with Crippen molar-refractivity contribution in [3.05, 3.63) is 28.0 Å². The van der Waals surface area contributed by atoms with Gasteiger partial charge in [0.1, 0.15) is 0 Å². The molecule has 1 aliphatic rings. The second-order valence-corrected chi connectivity index (χ2v) is 5.72. The zero-order chi connectivity index (χ0) is 13.4. The Morgan fingerprint density at radius 3 is 3.16 bits per heavy atom. The number of aromatic amines is 1. The van der Waals surface area contributed by atoms with Gasteiger partial charge in [-0.25, -0.2) is 0 Å². The molecule has 0 spiro atoms. The van der Waals surface area contributed by atoms with Crippen molar-refractivity contribution in [3.8, 4) is 0 Å². The number of fused-ring (bicyclic) bond motifs is 1. The summed E-state index contributed by atoms with van der Waals surface area (Å²) in [6.45, 7) is 3.44. The largest absolute Gasteiger partial charge is 0.374 e. The Morgan fingerprint density at radius 2 is 2.37 bits per heavy atom. The van der Waals surface area contributed by atoms with E-state index in [1.165, 1.54) is 0 Å². The predicted molar refractivity (Wildman–Crippen MR) is 79.4 cm³/mol. The highest BCUT2D eigenvalue weighted by Crippen LogP contribution is 2.23. The highest BCUT2D eigenvalue weighted by atomic mass is 35.5. The summed E-state index contributed by atoms with van der Waals surface area (Å²) in [6, 6.07) is 5.84. The molecule has 19 heavy (non-hydrogen) atoms. The summed E-state index contributed by atoms with van der Waals surface area (Å²) in [6.07, 6.45) is 0.170. The molecule has 1 aliphatic heterocycles. The lowest BCUT2D eigenvalue weighted by Gasteiger charge is -2.30. The van der Waals surface area contributed by atoms with Crippen LogP contribution in [0.15, 0.2) is 18.2 Å². The van der Waals surface area contributed by atoms with Crippen LogP contribution in [-0.4, -0.2) is 47.3 Å². The molecule has 0 radical (unpaired) electrons. The first-order valence-corrected chi connectivity index (χ1v) is 7.11. The molecule has 3 rings (SSSR count). The van der Waals surface area contributed by atoms with Crippen LogP contribution in [0.25, 0.3) is 11.0 Å². The van der Waals surface area contributed by atoms with E-state index < -0.39 is 0 Å². The van der Waals surface area contributed by atoms with Gasteiger partial charge in [0, 0.05) is 13.1 Å². The number of nitrogens with one attached hydrogen (secondary N) is 1. The van der Waals surface area contributed by atoms with Crippen LogP contribution in [0, 0.1) is 4.77 Å². The van der Waals surface area contributed by atoms with Crippen LogP contribution in [-0.2, 0) is 11.3 Å². The van der Waals surface area contributed by atoms with Crippen LogP contribution < -0.4 is 0 Å². The number of rotatable bonds is 2. The molecule has 2 aromatic rings. The topological polar surface area (TPSA) is 33.2 Å². The van der Waals surface area contributed by atoms with Crippen LogP contribution >= 0.6 is 23.8 Å². The van der Waals surface area contributed by atoms with Gasteiger partial charge >= 0.3 is 0 Å². The van der Waals surface area contributed by atoms with Crippen molar-refractivity contribution >= 4 is 34.9 Å². The number of morpholine rings is 1. The maximum Gasteiger partial charge on any atom is 0.178 e. The standard InChI is InChI=1S/C13H16ClN3OS/c1-16-5-6-18-9(7-16)8-17-11-4-2-3-10(14)12(11)15-13(17)19/h2-4,9H,5-8H2,1H3,(H,15,19). The summed E-state index contributed by atoms with van der Waals surface area (Å²) in [4.78, 5) is 5.45. The first-order chi connectivity index (χ1) is 9.15. The number of aromatic nitrogens is 2. The molecule has 0 amide bonds. The van der Waals surface area contributed by atoms with Crippen molar-refractivity contribution in [1.29, 1.82) is 0 Å². The molecular weight excluding hydrogens is 282 g/mol. The lowest BCUT2D eigenvalue weighted by Crippen LogP contribution is -2.41. The van der Waals surface area contributed by atoms with Gasteiger partial charge in [0.15, 0.2) is 4.77 Å². The average Bonchev–Trinajstić information content (AvgIpc) is 2.69. The molecule has 1 aromatic carbocycles. The van der Waals surface area contributed by atoms with Crippen LogP contribution in [0.4, 0.5) is 0 Å². The molecule has 0 saturated carbocycles. The fourth-order valence-electron chi connectivity index (χ4n) is 2.51. The first-order valence-electron chi connectivity index (χ1n) is 6.32. The third-order valence-electron chi connectivity index (χ3n) is 3.49. The van der Waals surface area contributed by atoms with Crippen molar-refractivity contribution in [3.63, 3.8) is 0 Å². The summed E-state index contributed by atoms with van der Waals surface area (Å²) < 4.78 is 8.56. The molecule has 4 nitrogen and oxygen atoms in total. The highest BCUT2D eigenvalue weighted by Gasteiger charge is 2.19. The second-order valence-electron chi connectivity index (χ2n) is 4.93. The Balaban J connectivity index is 1.94. The molecule has 1 atom stereocenters. The molecule has 1 N–H and O–H groups in total. The lowest BCUT2D eigenvalue weighted by molar-refractivity contribution is -0.0271. The minimum absolute atomic E-state index is 0.170. The quantitative estimate of drug-likeness (QED) is 0.865. The van der Waals surface area contributed by atoms with Crippen molar-refractivity contribution in [2.45, 2.75) is 12.6 Å². The molecule has 1 aromatic heterocycles.